The molecule has 0 saturated carbocycles. The molecule has 2 aromatic carbocycles. The SMILES string of the molecule is Cc1ccc(C(=O)COc2c(I)cc(I)cc2I)cc1C. The Kier molecular flexibility index (Phi) is 6.30. The summed E-state index contributed by atoms with van der Waals surface area (Å²) in [6.45, 7) is 4.11. The average Bonchev–Trinajstić information content (AvgIpc) is 2.40. The van der Waals surface area contributed by atoms with E-state index >= 15 is 0 Å². The highest BCUT2D eigenvalue weighted by molar-refractivity contribution is 14.1. The molecule has 0 aliphatic heterocycles. The number of Topliss-reactive ketones (excluding diaryl/α,β-unsaturated/α-hetero) is 1. The molecule has 0 spiro atoms. The first-order chi connectivity index (χ1) is 9.88. The molecule has 0 bridgehead atoms. The van der Waals surface area contributed by atoms with Crippen LogP contribution >= 0.6 is 67.8 Å². The van der Waals surface area contributed by atoms with Crippen molar-refractivity contribution in [2.45, 2.75) is 13.8 Å². The molecule has 2 aromatic rings. The van der Waals surface area contributed by atoms with Gasteiger partial charge in [-0.05, 0) is 111 Å². The standard InChI is InChI=1S/C16H13I3O2/c1-9-3-4-11(5-10(9)2)15(20)8-21-16-13(18)6-12(17)7-14(16)19/h3-7H,8H2,1-2H3. The number of benzene rings is 2. The molecule has 0 aliphatic rings. The van der Waals surface area contributed by atoms with Crippen LogP contribution in [0.4, 0.5) is 0 Å². The summed E-state index contributed by atoms with van der Waals surface area (Å²) in [5, 5.41) is 0. The molecule has 0 unspecified atom stereocenters. The summed E-state index contributed by atoms with van der Waals surface area (Å²) in [4.78, 5) is 12.2. The first-order valence-corrected chi connectivity index (χ1v) is 9.50. The van der Waals surface area contributed by atoms with E-state index in [1.165, 1.54) is 5.56 Å². The van der Waals surface area contributed by atoms with Gasteiger partial charge in [-0.2, -0.15) is 0 Å². The summed E-state index contributed by atoms with van der Waals surface area (Å²) in [7, 11) is 0. The molecular weight excluding hydrogens is 605 g/mol. The van der Waals surface area contributed by atoms with Crippen molar-refractivity contribution in [1.82, 2.24) is 0 Å². The topological polar surface area (TPSA) is 26.3 Å². The number of aryl methyl sites for hydroxylation is 2. The Balaban J connectivity index is 2.13. The third-order valence-electron chi connectivity index (χ3n) is 3.14. The lowest BCUT2D eigenvalue weighted by Crippen LogP contribution is -2.13. The van der Waals surface area contributed by atoms with Crippen LogP contribution < -0.4 is 4.74 Å². The van der Waals surface area contributed by atoms with E-state index in [4.69, 9.17) is 4.74 Å². The highest BCUT2D eigenvalue weighted by Crippen LogP contribution is 2.29. The van der Waals surface area contributed by atoms with Crippen molar-refractivity contribution in [2.24, 2.45) is 0 Å². The van der Waals surface area contributed by atoms with E-state index in [2.05, 4.69) is 67.8 Å². The van der Waals surface area contributed by atoms with E-state index in [0.717, 1.165) is 22.0 Å². The van der Waals surface area contributed by atoms with Crippen molar-refractivity contribution in [1.29, 1.82) is 0 Å². The van der Waals surface area contributed by atoms with Crippen molar-refractivity contribution in [2.75, 3.05) is 6.61 Å². The van der Waals surface area contributed by atoms with Gasteiger partial charge in [0.15, 0.2) is 12.4 Å². The number of hydrogen-bond acceptors (Lipinski definition) is 2. The summed E-state index contributed by atoms with van der Waals surface area (Å²) in [5.74, 6) is 0.789. The zero-order chi connectivity index (χ0) is 15.6. The summed E-state index contributed by atoms with van der Waals surface area (Å²) in [6.07, 6.45) is 0. The number of carbonyl (C=O) groups is 1. The Bertz CT molecular complexity index is 673. The third-order valence-corrected chi connectivity index (χ3v) is 5.36. The Morgan fingerprint density at radius 2 is 1.62 bits per heavy atom. The third kappa shape index (κ3) is 4.54. The highest BCUT2D eigenvalue weighted by Gasteiger charge is 2.12. The molecule has 0 N–H and O–H groups in total. The normalized spacial score (nSPS) is 10.5. The second-order valence-electron chi connectivity index (χ2n) is 4.71. The predicted molar refractivity (Wildman–Crippen MR) is 110 cm³/mol. The zero-order valence-corrected chi connectivity index (χ0v) is 18.0. The molecule has 0 atom stereocenters. The van der Waals surface area contributed by atoms with Gasteiger partial charge < -0.3 is 4.74 Å². The van der Waals surface area contributed by atoms with E-state index in [9.17, 15) is 4.79 Å². The van der Waals surface area contributed by atoms with Crippen LogP contribution in [-0.2, 0) is 0 Å². The molecule has 0 heterocycles. The molecule has 0 aliphatic carbocycles. The summed E-state index contributed by atoms with van der Waals surface area (Å²) in [5.41, 5.74) is 3.02. The Hall–Kier alpha value is 0.1000. The number of halogens is 3. The summed E-state index contributed by atoms with van der Waals surface area (Å²) < 4.78 is 8.95. The Labute approximate surface area is 165 Å². The average molecular weight is 618 g/mol. The Morgan fingerprint density at radius 1 is 1.00 bits per heavy atom. The van der Waals surface area contributed by atoms with E-state index in [0.29, 0.717) is 5.56 Å². The molecule has 110 valence electrons. The van der Waals surface area contributed by atoms with Gasteiger partial charge in [0.25, 0.3) is 0 Å². The van der Waals surface area contributed by atoms with Crippen LogP contribution in [0.3, 0.4) is 0 Å². The molecule has 2 rings (SSSR count). The van der Waals surface area contributed by atoms with Crippen molar-refractivity contribution < 1.29 is 9.53 Å². The minimum atomic E-state index is 0.00301. The maximum atomic E-state index is 12.2. The lowest BCUT2D eigenvalue weighted by atomic mass is 10.0. The number of hydrogen-bond donors (Lipinski definition) is 0. The van der Waals surface area contributed by atoms with E-state index < -0.39 is 0 Å². The van der Waals surface area contributed by atoms with E-state index in [1.807, 2.05) is 44.2 Å². The van der Waals surface area contributed by atoms with Gasteiger partial charge in [0.2, 0.25) is 0 Å². The van der Waals surface area contributed by atoms with E-state index in [1.54, 1.807) is 0 Å². The monoisotopic (exact) mass is 618 g/mol. The van der Waals surface area contributed by atoms with Gasteiger partial charge in [-0.3, -0.25) is 4.79 Å². The number of ether oxygens (including phenoxy) is 1. The molecule has 0 aromatic heterocycles. The number of rotatable bonds is 4. The van der Waals surface area contributed by atoms with Crippen LogP contribution in [0.5, 0.6) is 5.75 Å². The maximum Gasteiger partial charge on any atom is 0.200 e. The van der Waals surface area contributed by atoms with Gasteiger partial charge in [-0.15, -0.1) is 0 Å². The van der Waals surface area contributed by atoms with E-state index in [-0.39, 0.29) is 12.4 Å². The van der Waals surface area contributed by atoms with Crippen molar-refractivity contribution in [3.05, 3.63) is 57.7 Å². The quantitative estimate of drug-likeness (QED) is 0.340. The van der Waals surface area contributed by atoms with Crippen LogP contribution in [0, 0.1) is 24.6 Å². The van der Waals surface area contributed by atoms with Gasteiger partial charge in [0.05, 0.1) is 7.14 Å². The first kappa shape index (κ1) is 17.5. The smallest absolute Gasteiger partial charge is 0.200 e. The van der Waals surface area contributed by atoms with Crippen LogP contribution in [0.15, 0.2) is 30.3 Å². The molecule has 0 saturated heterocycles. The largest absolute Gasteiger partial charge is 0.483 e. The maximum absolute atomic E-state index is 12.2. The van der Waals surface area contributed by atoms with Crippen LogP contribution in [0.2, 0.25) is 0 Å². The number of carbonyl (C=O) groups excluding carboxylic acids is 1. The van der Waals surface area contributed by atoms with Gasteiger partial charge >= 0.3 is 0 Å². The minimum Gasteiger partial charge on any atom is -0.483 e. The fourth-order valence-electron chi connectivity index (χ4n) is 1.80. The van der Waals surface area contributed by atoms with Gasteiger partial charge in [0.1, 0.15) is 5.75 Å². The second kappa shape index (κ2) is 7.58. The van der Waals surface area contributed by atoms with Crippen molar-refractivity contribution in [3.63, 3.8) is 0 Å². The molecule has 0 radical (unpaired) electrons. The summed E-state index contributed by atoms with van der Waals surface area (Å²) >= 11 is 6.75. The molecule has 5 heteroatoms. The molecule has 0 fully saturated rings. The lowest BCUT2D eigenvalue weighted by molar-refractivity contribution is 0.0920. The Morgan fingerprint density at radius 3 is 2.19 bits per heavy atom. The van der Waals surface area contributed by atoms with Gasteiger partial charge in [-0.1, -0.05) is 12.1 Å². The van der Waals surface area contributed by atoms with Crippen molar-refractivity contribution >= 4 is 73.6 Å². The molecule has 21 heavy (non-hydrogen) atoms. The van der Waals surface area contributed by atoms with Gasteiger partial charge in [-0.25, -0.2) is 0 Å². The predicted octanol–water partition coefficient (Wildman–Crippen LogP) is 5.38. The second-order valence-corrected chi connectivity index (χ2v) is 8.28. The molecule has 2 nitrogen and oxygen atoms in total. The fourth-order valence-corrected chi connectivity index (χ4v) is 5.70. The molecule has 0 amide bonds. The van der Waals surface area contributed by atoms with Crippen molar-refractivity contribution in [3.8, 4) is 5.75 Å². The zero-order valence-electron chi connectivity index (χ0n) is 11.5. The molecular formula is C16H13I3O2. The van der Waals surface area contributed by atoms with Gasteiger partial charge in [0, 0.05) is 9.13 Å². The van der Waals surface area contributed by atoms with Crippen LogP contribution in [0.1, 0.15) is 21.5 Å². The fraction of sp³-hybridized carbons (Fsp3) is 0.188. The van der Waals surface area contributed by atoms with Crippen LogP contribution in [-0.4, -0.2) is 12.4 Å². The number of ketones is 1. The highest BCUT2D eigenvalue weighted by atomic mass is 127. The van der Waals surface area contributed by atoms with Crippen LogP contribution in [0.25, 0.3) is 0 Å². The lowest BCUT2D eigenvalue weighted by Gasteiger charge is -2.11. The minimum absolute atomic E-state index is 0.00301. The first-order valence-electron chi connectivity index (χ1n) is 6.26. The summed E-state index contributed by atoms with van der Waals surface area (Å²) in [6, 6.07) is 9.84.